The van der Waals surface area contributed by atoms with Crippen molar-refractivity contribution in [3.63, 3.8) is 0 Å². The van der Waals surface area contributed by atoms with Crippen LogP contribution in [0.2, 0.25) is 0 Å². The number of aromatic nitrogens is 4. The van der Waals surface area contributed by atoms with Crippen LogP contribution in [0.15, 0.2) is 54.0 Å². The van der Waals surface area contributed by atoms with E-state index in [9.17, 15) is 39.9 Å². The molecule has 4 N–H and O–H groups in total. The Morgan fingerprint density at radius 2 is 1.56 bits per heavy atom. The fraction of sp³-hybridized carbons (Fsp3) is 0.302. The first-order valence-corrected chi connectivity index (χ1v) is 18.4. The van der Waals surface area contributed by atoms with Crippen LogP contribution in [-0.2, 0) is 33.6 Å². The minimum atomic E-state index is -1.52. The first-order chi connectivity index (χ1) is 26.6. The molecular formula is C43H42N5Na3O8. The van der Waals surface area contributed by atoms with Crippen molar-refractivity contribution in [1.29, 1.82) is 0 Å². The SMILES string of the molecule is C=Cc1c(C)c2cc3nc(c(CC([O-])=N[C@@H](Cc4ccc([O-])cc4)C(=O)O)c4nc(cc5[nH]c(cc1[nH]2)c(C)c5CC)C(C)=C4C(=O)O)[C@@H](CCC(=O)[O-])[C@@H]3C.[Na+].[Na+].[Na+]. The average molecular weight is 826 g/mol. The number of fused-ring (bicyclic) bond motifs is 8. The van der Waals surface area contributed by atoms with Crippen molar-refractivity contribution >= 4 is 63.1 Å². The molecule has 0 radical (unpaired) electrons. The molecule has 3 atom stereocenters. The molecule has 0 unspecified atom stereocenters. The van der Waals surface area contributed by atoms with E-state index in [1.165, 1.54) is 24.3 Å². The second kappa shape index (κ2) is 20.8. The molecule has 8 bridgehead atoms. The molecular weight excluding hydrogens is 783 g/mol. The van der Waals surface area contributed by atoms with Gasteiger partial charge in [-0.2, -0.15) is 0 Å². The number of aryl methyl sites for hydroxylation is 3. The number of nitrogens with zero attached hydrogens (tertiary/aromatic N) is 3. The van der Waals surface area contributed by atoms with Crippen LogP contribution in [-0.4, -0.2) is 60.0 Å². The van der Waals surface area contributed by atoms with Gasteiger partial charge in [-0.1, -0.05) is 50.8 Å². The molecule has 59 heavy (non-hydrogen) atoms. The van der Waals surface area contributed by atoms with Gasteiger partial charge >= 0.3 is 101 Å². The zero-order valence-electron chi connectivity index (χ0n) is 34.8. The standard InChI is InChI=1S/C43H45N5O8.3Na/c1-7-26-20(3)30-17-32-22(5)28(13-14-38(51)52)40(47-32)29(16-37(50)46-36(42(53)54)15-24-9-11-25(49)12-10-24)41-39(43(55)56)23(6)33(48-41)19-35-27(8-2)21(4)31(45-35)18-34(26)44-30;;;/h7,9-12,17-19,22,28,36,44-45,49H,1,8,13-16H2,2-6H3,(H,46,50)(H,51,52)(H,53,54)(H,55,56);;;/q;3*+1/p-3/t22-,28-,36-;;;/m0.../s1. The third-order valence-corrected chi connectivity index (χ3v) is 10.9. The van der Waals surface area contributed by atoms with E-state index in [1.807, 2.05) is 39.8 Å². The Morgan fingerprint density at radius 3 is 2.15 bits per heavy atom. The molecule has 290 valence electrons. The average Bonchev–Trinajstić information content (AvgIpc) is 3.83. The fourth-order valence-corrected chi connectivity index (χ4v) is 7.78. The number of carboxylic acids is 3. The van der Waals surface area contributed by atoms with Crippen molar-refractivity contribution in [2.45, 2.75) is 84.6 Å². The van der Waals surface area contributed by atoms with Gasteiger partial charge in [-0.25, -0.2) is 14.6 Å². The Kier molecular flexibility index (Phi) is 17.6. The molecule has 0 fully saturated rings. The summed E-state index contributed by atoms with van der Waals surface area (Å²) in [5.74, 6) is -6.12. The molecule has 4 aromatic rings. The molecule has 13 nitrogen and oxygen atoms in total. The van der Waals surface area contributed by atoms with Crippen molar-refractivity contribution in [3.8, 4) is 5.75 Å². The Labute approximate surface area is 408 Å². The molecule has 0 saturated heterocycles. The van der Waals surface area contributed by atoms with Gasteiger partial charge in [0.25, 0.3) is 0 Å². The summed E-state index contributed by atoms with van der Waals surface area (Å²) in [5, 5.41) is 58.2. The predicted molar refractivity (Wildman–Crippen MR) is 208 cm³/mol. The third kappa shape index (κ3) is 10.5. The molecule has 2 aliphatic heterocycles. The molecule has 0 spiro atoms. The number of aromatic amines is 2. The van der Waals surface area contributed by atoms with Gasteiger partial charge in [0.1, 0.15) is 6.04 Å². The van der Waals surface area contributed by atoms with E-state index in [2.05, 4.69) is 21.5 Å². The number of carboxylic acid groups (broad SMARTS) is 3. The van der Waals surface area contributed by atoms with Gasteiger partial charge in [-0.05, 0) is 92.0 Å². The summed E-state index contributed by atoms with van der Waals surface area (Å²) in [6.07, 6.45) is 1.38. The number of aliphatic carboxylic acids is 3. The number of carbonyl (C=O) groups excluding carboxylic acids is 1. The Balaban J connectivity index is 0.00000310. The van der Waals surface area contributed by atoms with Crippen LogP contribution in [0.4, 0.5) is 0 Å². The van der Waals surface area contributed by atoms with E-state index < -0.39 is 48.1 Å². The summed E-state index contributed by atoms with van der Waals surface area (Å²) in [4.78, 5) is 58.2. The molecule has 1 aromatic carbocycles. The number of rotatable bonds is 12. The molecule has 2 aliphatic rings. The summed E-state index contributed by atoms with van der Waals surface area (Å²) >= 11 is 0. The smallest absolute Gasteiger partial charge is 0.872 e. The van der Waals surface area contributed by atoms with Crippen LogP contribution >= 0.6 is 0 Å². The monoisotopic (exact) mass is 825 g/mol. The molecule has 5 heterocycles. The van der Waals surface area contributed by atoms with Crippen molar-refractivity contribution in [3.05, 3.63) is 105 Å². The van der Waals surface area contributed by atoms with Crippen LogP contribution in [0.25, 0.3) is 39.3 Å². The minimum Gasteiger partial charge on any atom is -0.872 e. The van der Waals surface area contributed by atoms with Crippen LogP contribution in [0.3, 0.4) is 0 Å². The van der Waals surface area contributed by atoms with Gasteiger partial charge in [-0.3, -0.25) is 9.98 Å². The third-order valence-electron chi connectivity index (χ3n) is 10.9. The summed E-state index contributed by atoms with van der Waals surface area (Å²) in [7, 11) is 0. The Morgan fingerprint density at radius 1 is 0.915 bits per heavy atom. The maximum absolute atomic E-state index is 14.0. The molecule has 3 aromatic heterocycles. The summed E-state index contributed by atoms with van der Waals surface area (Å²) in [6.45, 7) is 13.5. The molecule has 16 heteroatoms. The number of aliphatic imine (C=N–C) groups is 1. The van der Waals surface area contributed by atoms with Crippen molar-refractivity contribution in [2.75, 3.05) is 0 Å². The first-order valence-electron chi connectivity index (χ1n) is 18.4. The first kappa shape index (κ1) is 49.9. The van der Waals surface area contributed by atoms with Crippen LogP contribution < -0.4 is 104 Å². The van der Waals surface area contributed by atoms with Gasteiger partial charge in [0.2, 0.25) is 0 Å². The van der Waals surface area contributed by atoms with E-state index >= 15 is 0 Å². The topological polar surface area (TPSA) is 231 Å². The molecule has 0 saturated carbocycles. The van der Waals surface area contributed by atoms with E-state index in [0.29, 0.717) is 28.9 Å². The normalized spacial score (nSPS) is 15.4. The minimum absolute atomic E-state index is 0. The summed E-state index contributed by atoms with van der Waals surface area (Å²) in [6, 6.07) is 9.64. The number of allylic oxidation sites excluding steroid dienone is 1. The van der Waals surface area contributed by atoms with Gasteiger partial charge < -0.3 is 40.3 Å². The zero-order valence-corrected chi connectivity index (χ0v) is 40.8. The number of carbonyl (C=O) groups is 3. The van der Waals surface area contributed by atoms with Gasteiger partial charge in [0.05, 0.1) is 22.7 Å². The second-order valence-corrected chi connectivity index (χ2v) is 14.3. The van der Waals surface area contributed by atoms with Gasteiger partial charge in [0.15, 0.2) is 0 Å². The van der Waals surface area contributed by atoms with Gasteiger partial charge in [0, 0.05) is 69.5 Å². The van der Waals surface area contributed by atoms with Crippen LogP contribution in [0.1, 0.15) is 102 Å². The van der Waals surface area contributed by atoms with Gasteiger partial charge in [-0.15, -0.1) is 5.75 Å². The maximum atomic E-state index is 14.0. The van der Waals surface area contributed by atoms with E-state index in [1.54, 1.807) is 19.1 Å². The largest absolute Gasteiger partial charge is 1.00 e. The zero-order chi connectivity index (χ0) is 40.6. The number of benzene rings is 1. The number of nitrogens with one attached hydrogen (secondary N) is 2. The Hall–Kier alpha value is -3.50. The van der Waals surface area contributed by atoms with E-state index in [-0.39, 0.29) is 136 Å². The quantitative estimate of drug-likeness (QED) is 0.0610. The van der Waals surface area contributed by atoms with E-state index in [0.717, 1.165) is 44.3 Å². The fourth-order valence-electron chi connectivity index (χ4n) is 7.78. The number of hydrogen-bond acceptors (Lipinski definition) is 9. The van der Waals surface area contributed by atoms with Crippen molar-refractivity contribution in [1.82, 2.24) is 19.9 Å². The molecule has 0 amide bonds. The van der Waals surface area contributed by atoms with Crippen molar-refractivity contribution < 1.29 is 129 Å². The predicted octanol–water partition coefficient (Wildman–Crippen LogP) is -4.35. The molecule has 6 rings (SSSR count). The second-order valence-electron chi connectivity index (χ2n) is 14.3. The molecule has 0 aliphatic carbocycles. The summed E-state index contributed by atoms with van der Waals surface area (Å²) < 4.78 is 0. The van der Waals surface area contributed by atoms with Crippen LogP contribution in [0.5, 0.6) is 5.75 Å². The number of hydrogen-bond donors (Lipinski definition) is 4. The van der Waals surface area contributed by atoms with Crippen molar-refractivity contribution in [2.24, 2.45) is 4.99 Å². The maximum Gasteiger partial charge on any atom is 1.00 e. The van der Waals surface area contributed by atoms with Crippen LogP contribution in [0, 0.1) is 13.8 Å². The van der Waals surface area contributed by atoms with E-state index in [4.69, 9.17) is 9.97 Å². The number of H-pyrrole nitrogens is 2. The summed E-state index contributed by atoms with van der Waals surface area (Å²) in [5.41, 5.74) is 8.69. The Bertz CT molecular complexity index is 2520.